The Hall–Kier alpha value is -1.84. The standard InChI is InChI=1S/C11H12N2O2/c1-6(11(12)15)7-2-3-9-8(4-7)5-10(14)13-9/h2-4,6H,5H2,1H3,(H2,12,15)(H,13,14). The van der Waals surface area contributed by atoms with Gasteiger partial charge in [-0.05, 0) is 24.1 Å². The monoisotopic (exact) mass is 204 g/mol. The van der Waals surface area contributed by atoms with Crippen LogP contribution in [-0.4, -0.2) is 11.8 Å². The second-order valence-electron chi connectivity index (χ2n) is 3.77. The molecule has 4 heteroatoms. The van der Waals surface area contributed by atoms with Gasteiger partial charge in [0.2, 0.25) is 11.8 Å². The molecule has 1 aromatic carbocycles. The Morgan fingerprint density at radius 2 is 2.27 bits per heavy atom. The van der Waals surface area contributed by atoms with Gasteiger partial charge < -0.3 is 11.1 Å². The van der Waals surface area contributed by atoms with Gasteiger partial charge in [0.15, 0.2) is 0 Å². The summed E-state index contributed by atoms with van der Waals surface area (Å²) in [7, 11) is 0. The van der Waals surface area contributed by atoms with Crippen LogP contribution in [0.5, 0.6) is 0 Å². The fraction of sp³-hybridized carbons (Fsp3) is 0.273. The zero-order valence-corrected chi connectivity index (χ0v) is 8.41. The van der Waals surface area contributed by atoms with E-state index in [9.17, 15) is 9.59 Å². The van der Waals surface area contributed by atoms with E-state index in [0.717, 1.165) is 16.8 Å². The molecule has 2 rings (SSSR count). The van der Waals surface area contributed by atoms with Crippen molar-refractivity contribution >= 4 is 17.5 Å². The van der Waals surface area contributed by atoms with Crippen molar-refractivity contribution in [2.75, 3.05) is 5.32 Å². The first kappa shape index (κ1) is 9.71. The van der Waals surface area contributed by atoms with Gasteiger partial charge in [-0.1, -0.05) is 12.1 Å². The van der Waals surface area contributed by atoms with Gasteiger partial charge in [0.05, 0.1) is 12.3 Å². The highest BCUT2D eigenvalue weighted by Gasteiger charge is 2.20. The molecule has 78 valence electrons. The van der Waals surface area contributed by atoms with Crippen molar-refractivity contribution in [1.82, 2.24) is 0 Å². The molecule has 1 unspecified atom stereocenters. The molecular formula is C11H12N2O2. The van der Waals surface area contributed by atoms with Crippen LogP contribution < -0.4 is 11.1 Å². The topological polar surface area (TPSA) is 72.2 Å². The summed E-state index contributed by atoms with van der Waals surface area (Å²) in [6, 6.07) is 5.50. The maximum absolute atomic E-state index is 11.1. The molecule has 0 spiro atoms. The van der Waals surface area contributed by atoms with E-state index in [2.05, 4.69) is 5.32 Å². The molecule has 0 aromatic heterocycles. The molecule has 1 heterocycles. The number of hydrogen-bond donors (Lipinski definition) is 2. The second kappa shape index (κ2) is 3.38. The van der Waals surface area contributed by atoms with Gasteiger partial charge >= 0.3 is 0 Å². The lowest BCUT2D eigenvalue weighted by atomic mass is 9.97. The Bertz CT molecular complexity index is 440. The third-order valence-corrected chi connectivity index (χ3v) is 2.68. The lowest BCUT2D eigenvalue weighted by Crippen LogP contribution is -2.18. The van der Waals surface area contributed by atoms with E-state index in [1.807, 2.05) is 18.2 Å². The number of fused-ring (bicyclic) bond motifs is 1. The molecule has 0 fully saturated rings. The zero-order chi connectivity index (χ0) is 11.0. The summed E-state index contributed by atoms with van der Waals surface area (Å²) in [5, 5.41) is 2.74. The Labute approximate surface area is 87.5 Å². The van der Waals surface area contributed by atoms with Crippen LogP contribution in [0.1, 0.15) is 24.0 Å². The van der Waals surface area contributed by atoms with Gasteiger partial charge in [-0.2, -0.15) is 0 Å². The fourth-order valence-corrected chi connectivity index (χ4v) is 1.68. The molecule has 1 aliphatic rings. The summed E-state index contributed by atoms with van der Waals surface area (Å²) in [5.41, 5.74) is 7.85. The van der Waals surface area contributed by atoms with Crippen molar-refractivity contribution < 1.29 is 9.59 Å². The molecule has 0 aliphatic carbocycles. The number of hydrogen-bond acceptors (Lipinski definition) is 2. The number of rotatable bonds is 2. The van der Waals surface area contributed by atoms with E-state index in [0.29, 0.717) is 6.42 Å². The molecule has 0 saturated carbocycles. The average molecular weight is 204 g/mol. The Morgan fingerprint density at radius 3 is 2.93 bits per heavy atom. The number of amides is 2. The zero-order valence-electron chi connectivity index (χ0n) is 8.41. The molecule has 1 aromatic rings. The van der Waals surface area contributed by atoms with Crippen molar-refractivity contribution in [1.29, 1.82) is 0 Å². The second-order valence-corrected chi connectivity index (χ2v) is 3.77. The van der Waals surface area contributed by atoms with Crippen molar-refractivity contribution in [3.63, 3.8) is 0 Å². The highest BCUT2D eigenvalue weighted by atomic mass is 16.2. The number of carbonyl (C=O) groups excluding carboxylic acids is 2. The average Bonchev–Trinajstić information content (AvgIpc) is 2.55. The SMILES string of the molecule is CC(C(N)=O)c1ccc2c(c1)CC(=O)N2. The van der Waals surface area contributed by atoms with E-state index in [-0.39, 0.29) is 17.7 Å². The number of carbonyl (C=O) groups is 2. The van der Waals surface area contributed by atoms with E-state index < -0.39 is 0 Å². The van der Waals surface area contributed by atoms with Crippen molar-refractivity contribution in [2.45, 2.75) is 19.3 Å². The molecule has 1 aliphatic heterocycles. The molecule has 3 N–H and O–H groups in total. The van der Waals surface area contributed by atoms with Crippen LogP contribution in [0, 0.1) is 0 Å². The van der Waals surface area contributed by atoms with Gasteiger partial charge in [-0.25, -0.2) is 0 Å². The minimum absolute atomic E-state index is 0.00567. The summed E-state index contributed by atoms with van der Waals surface area (Å²) >= 11 is 0. The summed E-state index contributed by atoms with van der Waals surface area (Å²) in [4.78, 5) is 22.1. The lowest BCUT2D eigenvalue weighted by Gasteiger charge is -2.08. The van der Waals surface area contributed by atoms with Crippen LogP contribution in [0.4, 0.5) is 5.69 Å². The Kier molecular flexibility index (Phi) is 2.19. The number of primary amides is 1. The molecule has 0 saturated heterocycles. The smallest absolute Gasteiger partial charge is 0.228 e. The van der Waals surface area contributed by atoms with Crippen LogP contribution in [0.3, 0.4) is 0 Å². The van der Waals surface area contributed by atoms with E-state index >= 15 is 0 Å². The summed E-state index contributed by atoms with van der Waals surface area (Å²) in [6.45, 7) is 1.76. The van der Waals surface area contributed by atoms with Gasteiger partial charge in [0, 0.05) is 5.69 Å². The quantitative estimate of drug-likeness (QED) is 0.746. The Morgan fingerprint density at radius 1 is 1.53 bits per heavy atom. The summed E-state index contributed by atoms with van der Waals surface area (Å²) in [5.74, 6) is -0.674. The van der Waals surface area contributed by atoms with E-state index in [1.54, 1.807) is 6.92 Å². The van der Waals surface area contributed by atoms with Crippen LogP contribution in [-0.2, 0) is 16.0 Å². The van der Waals surface area contributed by atoms with Crippen LogP contribution >= 0.6 is 0 Å². The lowest BCUT2D eigenvalue weighted by molar-refractivity contribution is -0.119. The molecule has 1 atom stereocenters. The van der Waals surface area contributed by atoms with Gasteiger partial charge in [-0.15, -0.1) is 0 Å². The van der Waals surface area contributed by atoms with E-state index in [1.165, 1.54) is 0 Å². The molecule has 2 amide bonds. The highest BCUT2D eigenvalue weighted by Crippen LogP contribution is 2.26. The number of nitrogens with two attached hydrogens (primary N) is 1. The first-order chi connectivity index (χ1) is 7.08. The molecule has 0 radical (unpaired) electrons. The molecule has 4 nitrogen and oxygen atoms in total. The molecular weight excluding hydrogens is 192 g/mol. The number of nitrogens with one attached hydrogen (secondary N) is 1. The minimum atomic E-state index is -0.354. The normalized spacial score (nSPS) is 15.7. The van der Waals surface area contributed by atoms with Gasteiger partial charge in [0.1, 0.15) is 0 Å². The summed E-state index contributed by atoms with van der Waals surface area (Å²) < 4.78 is 0. The predicted molar refractivity (Wildman–Crippen MR) is 56.4 cm³/mol. The maximum Gasteiger partial charge on any atom is 0.228 e. The van der Waals surface area contributed by atoms with Crippen molar-refractivity contribution in [2.24, 2.45) is 5.73 Å². The van der Waals surface area contributed by atoms with Crippen LogP contribution in [0.25, 0.3) is 0 Å². The Balaban J connectivity index is 2.35. The minimum Gasteiger partial charge on any atom is -0.369 e. The largest absolute Gasteiger partial charge is 0.369 e. The maximum atomic E-state index is 11.1. The fourth-order valence-electron chi connectivity index (χ4n) is 1.68. The first-order valence-electron chi connectivity index (χ1n) is 4.80. The van der Waals surface area contributed by atoms with E-state index in [4.69, 9.17) is 5.73 Å². The van der Waals surface area contributed by atoms with Crippen molar-refractivity contribution in [3.8, 4) is 0 Å². The third-order valence-electron chi connectivity index (χ3n) is 2.68. The highest BCUT2D eigenvalue weighted by molar-refractivity contribution is 5.99. The first-order valence-corrected chi connectivity index (χ1v) is 4.80. The summed E-state index contributed by atoms with van der Waals surface area (Å²) in [6.07, 6.45) is 0.384. The van der Waals surface area contributed by atoms with Gasteiger partial charge in [-0.3, -0.25) is 9.59 Å². The van der Waals surface area contributed by atoms with Crippen LogP contribution in [0.2, 0.25) is 0 Å². The number of benzene rings is 1. The molecule has 15 heavy (non-hydrogen) atoms. The predicted octanol–water partition coefficient (Wildman–Crippen LogP) is 0.770. The van der Waals surface area contributed by atoms with Crippen molar-refractivity contribution in [3.05, 3.63) is 29.3 Å². The third kappa shape index (κ3) is 1.70. The number of anilines is 1. The van der Waals surface area contributed by atoms with Crippen LogP contribution in [0.15, 0.2) is 18.2 Å². The molecule has 0 bridgehead atoms. The van der Waals surface area contributed by atoms with Gasteiger partial charge in [0.25, 0.3) is 0 Å².